The molecule has 0 heterocycles. The molecule has 0 aliphatic rings. The normalized spacial score (nSPS) is 9.27. The summed E-state index contributed by atoms with van der Waals surface area (Å²) in [7, 11) is -4.67. The van der Waals surface area contributed by atoms with Crippen molar-refractivity contribution < 1.29 is 53.3 Å². The first-order valence-corrected chi connectivity index (χ1v) is 5.01. The van der Waals surface area contributed by atoms with Gasteiger partial charge < -0.3 is 1.43 Å². The third-order valence-electron chi connectivity index (χ3n) is 1.03. The van der Waals surface area contributed by atoms with Gasteiger partial charge in [-0.05, 0) is 6.07 Å². The summed E-state index contributed by atoms with van der Waals surface area (Å²) in [5, 5.41) is 0.507. The minimum atomic E-state index is -4.67. The zero-order chi connectivity index (χ0) is 11.2. The van der Waals surface area contributed by atoms with Crippen LogP contribution in [-0.2, 0) is 10.4 Å². The number of benzene rings is 1. The molecule has 0 unspecified atom stereocenters. The molecule has 15 heavy (non-hydrogen) atoms. The van der Waals surface area contributed by atoms with Gasteiger partial charge in [0, 0.05) is 5.56 Å². The maximum Gasteiger partial charge on any atom is 1.00 e. The van der Waals surface area contributed by atoms with E-state index in [1.807, 2.05) is 0 Å². The maximum absolute atomic E-state index is 10.1. The molecular formula is C7H8ClNaO5S. The van der Waals surface area contributed by atoms with Gasteiger partial charge in [0.15, 0.2) is 6.29 Å². The van der Waals surface area contributed by atoms with Gasteiger partial charge in [-0.25, -0.2) is 0 Å². The Balaban J connectivity index is -0.000000214. The minimum Gasteiger partial charge on any atom is -1.00 e. The van der Waals surface area contributed by atoms with Crippen LogP contribution in [0, 0.1) is 0 Å². The number of halogens is 1. The van der Waals surface area contributed by atoms with E-state index < -0.39 is 10.4 Å². The van der Waals surface area contributed by atoms with Crippen LogP contribution in [0.15, 0.2) is 24.3 Å². The van der Waals surface area contributed by atoms with E-state index in [2.05, 4.69) is 0 Å². The molecule has 0 amide bonds. The standard InChI is InChI=1S/C7H5ClO.Na.H2O4S.H/c8-7-4-2-1-3-6(7)5-9;;1-5(2,3)4;/h1-5H;;(H2,1,2,3,4);/q;+1;;-1. The van der Waals surface area contributed by atoms with Crippen molar-refractivity contribution in [3.05, 3.63) is 34.9 Å². The van der Waals surface area contributed by atoms with Crippen molar-refractivity contribution in [1.29, 1.82) is 0 Å². The third-order valence-corrected chi connectivity index (χ3v) is 1.38. The van der Waals surface area contributed by atoms with E-state index in [1.165, 1.54) is 0 Å². The minimum absolute atomic E-state index is 0. The van der Waals surface area contributed by atoms with Gasteiger partial charge in [-0.1, -0.05) is 29.8 Å². The SMILES string of the molecule is O=Cc1ccccc1Cl.O=S(=O)(O)O.[H-].[Na+]. The Kier molecular flexibility index (Phi) is 9.57. The molecule has 0 spiro atoms. The summed E-state index contributed by atoms with van der Waals surface area (Å²) in [6.07, 6.45) is 0.738. The van der Waals surface area contributed by atoms with E-state index >= 15 is 0 Å². The summed E-state index contributed by atoms with van der Waals surface area (Å²) < 4.78 is 31.6. The van der Waals surface area contributed by atoms with Gasteiger partial charge >= 0.3 is 40.0 Å². The molecule has 0 saturated carbocycles. The summed E-state index contributed by atoms with van der Waals surface area (Å²) in [6, 6.07) is 6.92. The Labute approximate surface area is 116 Å². The fourth-order valence-corrected chi connectivity index (χ4v) is 0.751. The van der Waals surface area contributed by atoms with E-state index in [1.54, 1.807) is 24.3 Å². The Morgan fingerprint density at radius 1 is 1.27 bits per heavy atom. The molecule has 0 bridgehead atoms. The van der Waals surface area contributed by atoms with E-state index in [-0.39, 0.29) is 31.0 Å². The fraction of sp³-hybridized carbons (Fsp3) is 0. The number of carbonyl (C=O) groups is 1. The second kappa shape index (κ2) is 8.23. The van der Waals surface area contributed by atoms with E-state index in [4.69, 9.17) is 29.1 Å². The van der Waals surface area contributed by atoms with E-state index in [0.29, 0.717) is 10.6 Å². The van der Waals surface area contributed by atoms with Crippen LogP contribution in [0.5, 0.6) is 0 Å². The quantitative estimate of drug-likeness (QED) is 0.370. The van der Waals surface area contributed by atoms with Crippen LogP contribution in [0.3, 0.4) is 0 Å². The molecule has 1 aromatic rings. The first-order chi connectivity index (χ1) is 6.34. The Hall–Kier alpha value is 0.0500. The van der Waals surface area contributed by atoms with Crippen LogP contribution < -0.4 is 29.6 Å². The van der Waals surface area contributed by atoms with Gasteiger partial charge in [-0.15, -0.1) is 0 Å². The van der Waals surface area contributed by atoms with Gasteiger partial charge in [0.1, 0.15) is 0 Å². The van der Waals surface area contributed by atoms with Crippen molar-refractivity contribution >= 4 is 28.3 Å². The van der Waals surface area contributed by atoms with Gasteiger partial charge in [0.05, 0.1) is 5.02 Å². The molecule has 0 radical (unpaired) electrons. The summed E-state index contributed by atoms with van der Waals surface area (Å²) in [5.41, 5.74) is 0.541. The van der Waals surface area contributed by atoms with Crippen LogP contribution in [0.2, 0.25) is 5.02 Å². The largest absolute Gasteiger partial charge is 1.00 e. The van der Waals surface area contributed by atoms with Crippen molar-refractivity contribution in [2.75, 3.05) is 0 Å². The third kappa shape index (κ3) is 12.0. The van der Waals surface area contributed by atoms with E-state index in [9.17, 15) is 4.79 Å². The molecule has 0 aliphatic heterocycles. The Morgan fingerprint density at radius 3 is 1.93 bits per heavy atom. The molecule has 2 N–H and O–H groups in total. The van der Waals surface area contributed by atoms with Crippen LogP contribution >= 0.6 is 11.6 Å². The fourth-order valence-electron chi connectivity index (χ4n) is 0.571. The Morgan fingerprint density at radius 2 is 1.67 bits per heavy atom. The number of hydrogen-bond donors (Lipinski definition) is 2. The maximum atomic E-state index is 10.1. The predicted octanol–water partition coefficient (Wildman–Crippen LogP) is -1.38. The molecule has 0 saturated heterocycles. The van der Waals surface area contributed by atoms with Crippen LogP contribution in [0.1, 0.15) is 11.8 Å². The first-order valence-electron chi connectivity index (χ1n) is 3.24. The number of carbonyl (C=O) groups excluding carboxylic acids is 1. The number of hydrogen-bond acceptors (Lipinski definition) is 3. The predicted molar refractivity (Wildman–Crippen MR) is 52.1 cm³/mol. The van der Waals surface area contributed by atoms with Crippen molar-refractivity contribution in [3.8, 4) is 0 Å². The average Bonchev–Trinajstić information content (AvgIpc) is 2.02. The molecule has 80 valence electrons. The molecule has 5 nitrogen and oxygen atoms in total. The molecule has 0 fully saturated rings. The van der Waals surface area contributed by atoms with Gasteiger partial charge in [-0.2, -0.15) is 8.42 Å². The molecule has 1 rings (SSSR count). The van der Waals surface area contributed by atoms with Gasteiger partial charge in [0.2, 0.25) is 0 Å². The zero-order valence-corrected chi connectivity index (χ0v) is 11.4. The molecule has 0 aromatic heterocycles. The van der Waals surface area contributed by atoms with Gasteiger partial charge in [-0.3, -0.25) is 13.9 Å². The van der Waals surface area contributed by atoms with E-state index in [0.717, 1.165) is 6.29 Å². The topological polar surface area (TPSA) is 91.7 Å². The smallest absolute Gasteiger partial charge is 1.00 e. The number of rotatable bonds is 1. The summed E-state index contributed by atoms with van der Waals surface area (Å²) >= 11 is 5.59. The summed E-state index contributed by atoms with van der Waals surface area (Å²) in [4.78, 5) is 10.1. The first kappa shape index (κ1) is 17.4. The molecule has 1 aromatic carbocycles. The average molecular weight is 263 g/mol. The van der Waals surface area contributed by atoms with Crippen LogP contribution in [0.25, 0.3) is 0 Å². The van der Waals surface area contributed by atoms with Crippen LogP contribution in [0.4, 0.5) is 0 Å². The monoisotopic (exact) mass is 262 g/mol. The second-order valence-corrected chi connectivity index (χ2v) is 3.39. The molecule has 0 atom stereocenters. The molecule has 8 heteroatoms. The van der Waals surface area contributed by atoms with Crippen molar-refractivity contribution in [1.82, 2.24) is 0 Å². The second-order valence-electron chi connectivity index (χ2n) is 2.09. The van der Waals surface area contributed by atoms with Gasteiger partial charge in [0.25, 0.3) is 0 Å². The van der Waals surface area contributed by atoms with Crippen molar-refractivity contribution in [2.24, 2.45) is 0 Å². The molecular weight excluding hydrogens is 255 g/mol. The van der Waals surface area contributed by atoms with Crippen molar-refractivity contribution in [2.45, 2.75) is 0 Å². The van der Waals surface area contributed by atoms with Crippen LogP contribution in [-0.4, -0.2) is 23.8 Å². The Bertz CT molecular complexity index is 403. The number of aldehydes is 1. The summed E-state index contributed by atoms with van der Waals surface area (Å²) in [6.45, 7) is 0. The van der Waals surface area contributed by atoms with Crippen molar-refractivity contribution in [3.63, 3.8) is 0 Å². The molecule has 0 aliphatic carbocycles. The summed E-state index contributed by atoms with van der Waals surface area (Å²) in [5.74, 6) is 0. The zero-order valence-electron chi connectivity index (χ0n) is 8.79.